The van der Waals surface area contributed by atoms with Crippen LogP contribution >= 0.6 is 0 Å². The highest BCUT2D eigenvalue weighted by Gasteiger charge is 2.20. The van der Waals surface area contributed by atoms with E-state index in [1.807, 2.05) is 19.9 Å². The highest BCUT2D eigenvalue weighted by Crippen LogP contribution is 2.23. The minimum atomic E-state index is 0.0600. The van der Waals surface area contributed by atoms with Gasteiger partial charge in [0.05, 0.1) is 17.5 Å². The molecule has 0 N–H and O–H groups in total. The smallest absolute Gasteiger partial charge is 0.187 e. The quantitative estimate of drug-likeness (QED) is 0.676. The number of ketones is 1. The molecule has 3 nitrogen and oxygen atoms in total. The van der Waals surface area contributed by atoms with Crippen LogP contribution in [0, 0.1) is 0 Å². The lowest BCUT2D eigenvalue weighted by Crippen LogP contribution is -2.13. The fraction of sp³-hybridized carbons (Fsp3) is 0.364. The molecule has 1 aromatic rings. The summed E-state index contributed by atoms with van der Waals surface area (Å²) in [4.78, 5) is 11.7. The van der Waals surface area contributed by atoms with Crippen molar-refractivity contribution in [2.75, 3.05) is 0 Å². The maximum atomic E-state index is 11.7. The standard InChI is InChI=1S/C11H12N2O/c1-7(2)11-10-8(6-12-13-11)4-3-5-9(10)14/h3,5-7H,4H2,1-2H3. The average Bonchev–Trinajstić information content (AvgIpc) is 2.17. The zero-order valence-electron chi connectivity index (χ0n) is 8.32. The van der Waals surface area contributed by atoms with Crippen LogP contribution in [0.15, 0.2) is 18.3 Å². The number of carbonyl (C=O) groups excluding carboxylic acids is 1. The largest absolute Gasteiger partial charge is 0.289 e. The summed E-state index contributed by atoms with van der Waals surface area (Å²) in [5.74, 6) is 0.303. The summed E-state index contributed by atoms with van der Waals surface area (Å²) >= 11 is 0. The lowest BCUT2D eigenvalue weighted by atomic mass is 9.92. The Morgan fingerprint density at radius 1 is 1.43 bits per heavy atom. The predicted molar refractivity (Wildman–Crippen MR) is 53.3 cm³/mol. The van der Waals surface area contributed by atoms with Crippen molar-refractivity contribution in [3.63, 3.8) is 0 Å². The van der Waals surface area contributed by atoms with Gasteiger partial charge in [0.1, 0.15) is 0 Å². The molecule has 1 aromatic heterocycles. The Kier molecular flexibility index (Phi) is 2.15. The molecule has 72 valence electrons. The number of hydrogen-bond acceptors (Lipinski definition) is 3. The number of allylic oxidation sites excluding steroid dienone is 2. The van der Waals surface area contributed by atoms with Crippen molar-refractivity contribution in [3.8, 4) is 0 Å². The van der Waals surface area contributed by atoms with E-state index in [1.165, 1.54) is 0 Å². The van der Waals surface area contributed by atoms with Crippen molar-refractivity contribution in [2.45, 2.75) is 26.2 Å². The van der Waals surface area contributed by atoms with E-state index in [0.717, 1.165) is 23.2 Å². The van der Waals surface area contributed by atoms with Crippen molar-refractivity contribution >= 4 is 5.78 Å². The molecule has 0 spiro atoms. The van der Waals surface area contributed by atoms with E-state index in [1.54, 1.807) is 12.3 Å². The van der Waals surface area contributed by atoms with Crippen molar-refractivity contribution in [1.82, 2.24) is 10.2 Å². The number of hydrogen-bond donors (Lipinski definition) is 0. The van der Waals surface area contributed by atoms with Crippen LogP contribution in [-0.2, 0) is 6.42 Å². The molecule has 1 aliphatic carbocycles. The fourth-order valence-corrected chi connectivity index (χ4v) is 1.66. The third kappa shape index (κ3) is 1.35. The number of nitrogens with zero attached hydrogens (tertiary/aromatic N) is 2. The van der Waals surface area contributed by atoms with E-state index in [4.69, 9.17) is 0 Å². The second-order valence-corrected chi connectivity index (χ2v) is 3.76. The van der Waals surface area contributed by atoms with E-state index in [9.17, 15) is 4.79 Å². The molecule has 1 aliphatic rings. The van der Waals surface area contributed by atoms with Gasteiger partial charge in [-0.25, -0.2) is 0 Å². The summed E-state index contributed by atoms with van der Waals surface area (Å²) in [6, 6.07) is 0. The van der Waals surface area contributed by atoms with Gasteiger partial charge in [0.15, 0.2) is 5.78 Å². The molecule has 0 aliphatic heterocycles. The summed E-state index contributed by atoms with van der Waals surface area (Å²) in [5.41, 5.74) is 2.57. The number of aromatic nitrogens is 2. The molecule has 0 atom stereocenters. The SMILES string of the molecule is CC(C)c1nncc2c1C(=O)C=CC2. The van der Waals surface area contributed by atoms with Crippen LogP contribution in [0.5, 0.6) is 0 Å². The summed E-state index contributed by atoms with van der Waals surface area (Å²) in [5, 5.41) is 7.95. The molecule has 0 unspecified atom stereocenters. The van der Waals surface area contributed by atoms with Gasteiger partial charge in [-0.15, -0.1) is 0 Å². The summed E-state index contributed by atoms with van der Waals surface area (Å²) in [6.45, 7) is 4.05. The first-order valence-electron chi connectivity index (χ1n) is 4.75. The highest BCUT2D eigenvalue weighted by atomic mass is 16.1. The van der Waals surface area contributed by atoms with E-state index in [0.29, 0.717) is 0 Å². The van der Waals surface area contributed by atoms with Gasteiger partial charge in [0, 0.05) is 0 Å². The molecule has 0 amide bonds. The second-order valence-electron chi connectivity index (χ2n) is 3.76. The molecule has 14 heavy (non-hydrogen) atoms. The Morgan fingerprint density at radius 2 is 2.21 bits per heavy atom. The highest BCUT2D eigenvalue weighted by molar-refractivity contribution is 6.07. The van der Waals surface area contributed by atoms with Crippen LogP contribution < -0.4 is 0 Å². The van der Waals surface area contributed by atoms with Gasteiger partial charge in [-0.2, -0.15) is 10.2 Å². The normalized spacial score (nSPS) is 14.6. The van der Waals surface area contributed by atoms with Crippen LogP contribution in [0.25, 0.3) is 0 Å². The van der Waals surface area contributed by atoms with Gasteiger partial charge in [0.2, 0.25) is 0 Å². The lowest BCUT2D eigenvalue weighted by molar-refractivity contribution is 0.104. The molecular weight excluding hydrogens is 176 g/mol. The number of fused-ring (bicyclic) bond motifs is 1. The van der Waals surface area contributed by atoms with Crippen LogP contribution in [0.3, 0.4) is 0 Å². The van der Waals surface area contributed by atoms with Gasteiger partial charge < -0.3 is 0 Å². The van der Waals surface area contributed by atoms with Gasteiger partial charge in [-0.3, -0.25) is 4.79 Å². The van der Waals surface area contributed by atoms with Crippen LogP contribution in [-0.4, -0.2) is 16.0 Å². The first-order chi connectivity index (χ1) is 6.70. The molecular formula is C11H12N2O. The minimum absolute atomic E-state index is 0.0600. The Balaban J connectivity index is 2.61. The van der Waals surface area contributed by atoms with E-state index >= 15 is 0 Å². The molecule has 3 heteroatoms. The summed E-state index contributed by atoms with van der Waals surface area (Å²) in [6.07, 6.45) is 5.96. The van der Waals surface area contributed by atoms with Gasteiger partial charge >= 0.3 is 0 Å². The van der Waals surface area contributed by atoms with Gasteiger partial charge in [0.25, 0.3) is 0 Å². The molecule has 1 heterocycles. The van der Waals surface area contributed by atoms with E-state index < -0.39 is 0 Å². The van der Waals surface area contributed by atoms with Crippen molar-refractivity contribution in [1.29, 1.82) is 0 Å². The second kappa shape index (κ2) is 3.33. The van der Waals surface area contributed by atoms with Gasteiger partial charge in [-0.1, -0.05) is 19.9 Å². The summed E-state index contributed by atoms with van der Waals surface area (Å²) < 4.78 is 0. The molecule has 2 rings (SSSR count). The minimum Gasteiger partial charge on any atom is -0.289 e. The predicted octanol–water partition coefficient (Wildman–Crippen LogP) is 1.90. The van der Waals surface area contributed by atoms with E-state index in [-0.39, 0.29) is 11.7 Å². The van der Waals surface area contributed by atoms with Crippen LogP contribution in [0.2, 0.25) is 0 Å². The molecule has 0 saturated carbocycles. The fourth-order valence-electron chi connectivity index (χ4n) is 1.66. The zero-order valence-corrected chi connectivity index (χ0v) is 8.32. The van der Waals surface area contributed by atoms with Crippen molar-refractivity contribution in [2.24, 2.45) is 0 Å². The monoisotopic (exact) mass is 188 g/mol. The molecule has 0 aromatic carbocycles. The van der Waals surface area contributed by atoms with Crippen molar-refractivity contribution in [3.05, 3.63) is 35.2 Å². The molecule has 0 fully saturated rings. The Labute approximate surface area is 82.9 Å². The third-order valence-corrected chi connectivity index (χ3v) is 2.36. The van der Waals surface area contributed by atoms with Crippen molar-refractivity contribution < 1.29 is 4.79 Å². The zero-order chi connectivity index (χ0) is 10.1. The molecule has 0 bridgehead atoms. The maximum absolute atomic E-state index is 11.7. The maximum Gasteiger partial charge on any atom is 0.187 e. The molecule has 0 radical (unpaired) electrons. The Morgan fingerprint density at radius 3 is 2.93 bits per heavy atom. The number of rotatable bonds is 1. The topological polar surface area (TPSA) is 42.9 Å². The third-order valence-electron chi connectivity index (χ3n) is 2.36. The first kappa shape index (κ1) is 9.06. The lowest BCUT2D eigenvalue weighted by Gasteiger charge is -2.14. The molecule has 0 saturated heterocycles. The first-order valence-corrected chi connectivity index (χ1v) is 4.75. The average molecular weight is 188 g/mol. The van der Waals surface area contributed by atoms with Crippen LogP contribution in [0.4, 0.5) is 0 Å². The Bertz CT molecular complexity index is 408. The van der Waals surface area contributed by atoms with Crippen LogP contribution in [0.1, 0.15) is 41.4 Å². The van der Waals surface area contributed by atoms with E-state index in [2.05, 4.69) is 10.2 Å². The number of carbonyl (C=O) groups is 1. The Hall–Kier alpha value is -1.51. The summed E-state index contributed by atoms with van der Waals surface area (Å²) in [7, 11) is 0. The van der Waals surface area contributed by atoms with Gasteiger partial charge in [-0.05, 0) is 24.0 Å².